The van der Waals surface area contributed by atoms with Crippen molar-refractivity contribution in [2.24, 2.45) is 0 Å². The lowest BCUT2D eigenvalue weighted by Gasteiger charge is -2.07. The van der Waals surface area contributed by atoms with Crippen LogP contribution in [0, 0.1) is 13.8 Å². The van der Waals surface area contributed by atoms with Crippen LogP contribution >= 0.6 is 0 Å². The fourth-order valence-electron chi connectivity index (χ4n) is 2.90. The van der Waals surface area contributed by atoms with Crippen LogP contribution in [-0.2, 0) is 11.2 Å². The van der Waals surface area contributed by atoms with Crippen LogP contribution in [0.1, 0.15) is 23.4 Å². The Bertz CT molecular complexity index is 884. The molecule has 0 aliphatic rings. The van der Waals surface area contributed by atoms with Gasteiger partial charge in [0.05, 0.1) is 29.9 Å². The van der Waals surface area contributed by atoms with Gasteiger partial charge in [-0.2, -0.15) is 5.10 Å². The van der Waals surface area contributed by atoms with Crippen LogP contribution in [0.5, 0.6) is 5.75 Å². The maximum Gasteiger partial charge on any atom is 0.224 e. The number of methoxy groups -OCH3 is 1. The van der Waals surface area contributed by atoms with Crippen LogP contribution in [0.4, 0.5) is 5.69 Å². The number of anilines is 1. The summed E-state index contributed by atoms with van der Waals surface area (Å²) in [4.78, 5) is 12.4. The number of hydrogen-bond donors (Lipinski definition) is 1. The van der Waals surface area contributed by atoms with Crippen molar-refractivity contribution in [1.29, 1.82) is 0 Å². The molecule has 0 atom stereocenters. The molecular weight excluding hydrogens is 326 g/mol. The minimum atomic E-state index is -0.0142. The van der Waals surface area contributed by atoms with Gasteiger partial charge in [-0.15, -0.1) is 0 Å². The highest BCUT2D eigenvalue weighted by Crippen LogP contribution is 2.23. The molecule has 1 N–H and O–H groups in total. The largest absolute Gasteiger partial charge is 0.497 e. The highest BCUT2D eigenvalue weighted by atomic mass is 16.5. The van der Waals surface area contributed by atoms with Gasteiger partial charge < -0.3 is 10.1 Å². The molecule has 0 unspecified atom stereocenters. The number of rotatable bonds is 6. The molecule has 0 spiro atoms. The second-order valence-corrected chi connectivity index (χ2v) is 6.19. The lowest BCUT2D eigenvalue weighted by molar-refractivity contribution is -0.116. The standard InChI is InChI=1S/C21H23N3O2/c1-15-21(16(2)24(23-15)18-7-5-4-6-8-18)22-20(25)14-11-17-9-12-19(26-3)13-10-17/h4-10,12-13H,11,14H2,1-3H3,(H,22,25). The summed E-state index contributed by atoms with van der Waals surface area (Å²) in [5.74, 6) is 0.803. The second kappa shape index (κ2) is 7.87. The first-order valence-electron chi connectivity index (χ1n) is 8.63. The Labute approximate surface area is 153 Å². The summed E-state index contributed by atoms with van der Waals surface area (Å²) in [7, 11) is 1.64. The van der Waals surface area contributed by atoms with Crippen LogP contribution < -0.4 is 10.1 Å². The van der Waals surface area contributed by atoms with Gasteiger partial charge in [0.1, 0.15) is 5.75 Å². The first kappa shape index (κ1) is 17.7. The Morgan fingerprint density at radius 2 is 1.77 bits per heavy atom. The molecule has 0 radical (unpaired) electrons. The van der Waals surface area contributed by atoms with E-state index in [1.165, 1.54) is 0 Å². The highest BCUT2D eigenvalue weighted by molar-refractivity contribution is 5.92. The number of amides is 1. The van der Waals surface area contributed by atoms with Crippen LogP contribution in [-0.4, -0.2) is 22.8 Å². The van der Waals surface area contributed by atoms with Crippen LogP contribution in [0.3, 0.4) is 0 Å². The molecule has 5 heteroatoms. The van der Waals surface area contributed by atoms with Crippen molar-refractivity contribution in [3.8, 4) is 11.4 Å². The van der Waals surface area contributed by atoms with Gasteiger partial charge in [0.2, 0.25) is 5.91 Å². The molecule has 0 bridgehead atoms. The zero-order chi connectivity index (χ0) is 18.5. The van der Waals surface area contributed by atoms with Crippen LogP contribution in [0.25, 0.3) is 5.69 Å². The summed E-state index contributed by atoms with van der Waals surface area (Å²) in [5.41, 5.74) is 4.60. The second-order valence-electron chi connectivity index (χ2n) is 6.19. The lowest BCUT2D eigenvalue weighted by Crippen LogP contribution is -2.13. The lowest BCUT2D eigenvalue weighted by atomic mass is 10.1. The number of hydrogen-bond acceptors (Lipinski definition) is 3. The molecule has 3 aromatic rings. The molecule has 3 rings (SSSR count). The molecule has 1 heterocycles. The SMILES string of the molecule is COc1ccc(CCC(=O)Nc2c(C)nn(-c3ccccc3)c2C)cc1. The van der Waals surface area contributed by atoms with E-state index >= 15 is 0 Å². The fourth-order valence-corrected chi connectivity index (χ4v) is 2.90. The van der Waals surface area contributed by atoms with Gasteiger partial charge in [0.25, 0.3) is 0 Å². The molecule has 5 nitrogen and oxygen atoms in total. The average molecular weight is 349 g/mol. The number of aryl methyl sites for hydroxylation is 2. The van der Waals surface area contributed by atoms with Gasteiger partial charge in [-0.3, -0.25) is 4.79 Å². The van der Waals surface area contributed by atoms with Crippen molar-refractivity contribution >= 4 is 11.6 Å². The topological polar surface area (TPSA) is 56.1 Å². The van der Waals surface area contributed by atoms with Crippen molar-refractivity contribution in [2.45, 2.75) is 26.7 Å². The Morgan fingerprint density at radius 3 is 2.42 bits per heavy atom. The molecule has 1 aromatic heterocycles. The number of benzene rings is 2. The quantitative estimate of drug-likeness (QED) is 0.730. The third kappa shape index (κ3) is 3.94. The Balaban J connectivity index is 1.66. The third-order valence-electron chi connectivity index (χ3n) is 4.36. The number of nitrogens with one attached hydrogen (secondary N) is 1. The van der Waals surface area contributed by atoms with E-state index in [0.717, 1.165) is 34.1 Å². The molecule has 1 amide bonds. The number of carbonyl (C=O) groups excluding carboxylic acids is 1. The van der Waals surface area contributed by atoms with Crippen molar-refractivity contribution < 1.29 is 9.53 Å². The van der Waals surface area contributed by atoms with E-state index in [2.05, 4.69) is 10.4 Å². The number of carbonyl (C=O) groups is 1. The highest BCUT2D eigenvalue weighted by Gasteiger charge is 2.15. The Kier molecular flexibility index (Phi) is 5.37. The summed E-state index contributed by atoms with van der Waals surface area (Å²) < 4.78 is 7.01. The summed E-state index contributed by atoms with van der Waals surface area (Å²) in [6, 6.07) is 17.7. The molecule has 134 valence electrons. The van der Waals surface area contributed by atoms with E-state index in [1.54, 1.807) is 7.11 Å². The van der Waals surface area contributed by atoms with Gasteiger partial charge in [-0.25, -0.2) is 4.68 Å². The van der Waals surface area contributed by atoms with E-state index in [0.29, 0.717) is 12.8 Å². The zero-order valence-electron chi connectivity index (χ0n) is 15.3. The van der Waals surface area contributed by atoms with Crippen molar-refractivity contribution in [1.82, 2.24) is 9.78 Å². The summed E-state index contributed by atoms with van der Waals surface area (Å²) >= 11 is 0. The zero-order valence-corrected chi connectivity index (χ0v) is 15.3. The summed E-state index contributed by atoms with van der Waals surface area (Å²) in [5, 5.41) is 7.57. The van der Waals surface area contributed by atoms with Crippen molar-refractivity contribution in [2.75, 3.05) is 12.4 Å². The summed E-state index contributed by atoms with van der Waals surface area (Å²) in [6.45, 7) is 3.87. The van der Waals surface area contributed by atoms with E-state index < -0.39 is 0 Å². The average Bonchev–Trinajstić information content (AvgIpc) is 2.95. The van der Waals surface area contributed by atoms with Gasteiger partial charge in [0.15, 0.2) is 0 Å². The van der Waals surface area contributed by atoms with Crippen LogP contribution in [0.15, 0.2) is 54.6 Å². The molecule has 0 aliphatic heterocycles. The van der Waals surface area contributed by atoms with Gasteiger partial charge in [-0.1, -0.05) is 30.3 Å². The molecule has 2 aromatic carbocycles. The number of para-hydroxylation sites is 1. The Hall–Kier alpha value is -3.08. The first-order valence-corrected chi connectivity index (χ1v) is 8.63. The fraction of sp³-hybridized carbons (Fsp3) is 0.238. The van der Waals surface area contributed by atoms with E-state index in [1.807, 2.05) is 73.1 Å². The molecule has 0 aliphatic carbocycles. The molecule has 0 saturated carbocycles. The summed E-state index contributed by atoms with van der Waals surface area (Å²) in [6.07, 6.45) is 1.10. The smallest absolute Gasteiger partial charge is 0.224 e. The minimum Gasteiger partial charge on any atom is -0.497 e. The third-order valence-corrected chi connectivity index (χ3v) is 4.36. The molecular formula is C21H23N3O2. The van der Waals surface area contributed by atoms with Crippen LogP contribution in [0.2, 0.25) is 0 Å². The predicted molar refractivity (Wildman–Crippen MR) is 103 cm³/mol. The number of nitrogens with zero attached hydrogens (tertiary/aromatic N) is 2. The van der Waals surface area contributed by atoms with Crippen molar-refractivity contribution in [3.05, 3.63) is 71.5 Å². The maximum absolute atomic E-state index is 12.4. The minimum absolute atomic E-state index is 0.0142. The van der Waals surface area contributed by atoms with Gasteiger partial charge in [-0.05, 0) is 50.1 Å². The first-order chi connectivity index (χ1) is 12.6. The monoisotopic (exact) mass is 349 g/mol. The van der Waals surface area contributed by atoms with Crippen molar-refractivity contribution in [3.63, 3.8) is 0 Å². The van der Waals surface area contributed by atoms with E-state index in [4.69, 9.17) is 4.74 Å². The van der Waals surface area contributed by atoms with Gasteiger partial charge >= 0.3 is 0 Å². The molecule has 26 heavy (non-hydrogen) atoms. The predicted octanol–water partition coefficient (Wildman–Crippen LogP) is 4.07. The Morgan fingerprint density at radius 1 is 1.08 bits per heavy atom. The van der Waals surface area contributed by atoms with E-state index in [-0.39, 0.29) is 5.91 Å². The normalized spacial score (nSPS) is 10.6. The number of aromatic nitrogens is 2. The number of ether oxygens (including phenoxy) is 1. The van der Waals surface area contributed by atoms with E-state index in [9.17, 15) is 4.79 Å². The molecule has 0 fully saturated rings. The maximum atomic E-state index is 12.4. The molecule has 0 saturated heterocycles. The van der Waals surface area contributed by atoms with Gasteiger partial charge in [0, 0.05) is 6.42 Å².